The first-order valence-corrected chi connectivity index (χ1v) is 8.39. The van der Waals surface area contributed by atoms with Gasteiger partial charge in [-0.1, -0.05) is 19.1 Å². The van der Waals surface area contributed by atoms with E-state index in [4.69, 9.17) is 4.74 Å². The molecule has 0 amide bonds. The molecular formula is C19H25FN4O. The van der Waals surface area contributed by atoms with Gasteiger partial charge in [-0.3, -0.25) is 9.98 Å². The Hall–Kier alpha value is -2.63. The van der Waals surface area contributed by atoms with Gasteiger partial charge < -0.3 is 15.4 Å². The number of halogens is 1. The number of aliphatic imine (C=N–C) groups is 1. The second-order valence-electron chi connectivity index (χ2n) is 5.68. The van der Waals surface area contributed by atoms with Gasteiger partial charge in [0, 0.05) is 19.3 Å². The van der Waals surface area contributed by atoms with Crippen LogP contribution in [0, 0.1) is 12.7 Å². The van der Waals surface area contributed by atoms with Crippen LogP contribution < -0.4 is 15.4 Å². The molecule has 0 aliphatic heterocycles. The molecule has 1 atom stereocenters. The van der Waals surface area contributed by atoms with E-state index in [1.165, 1.54) is 12.1 Å². The van der Waals surface area contributed by atoms with E-state index < -0.39 is 0 Å². The first kappa shape index (κ1) is 18.7. The van der Waals surface area contributed by atoms with E-state index in [1.807, 2.05) is 26.0 Å². The third-order valence-electron chi connectivity index (χ3n) is 3.82. The molecule has 0 aliphatic carbocycles. The van der Waals surface area contributed by atoms with E-state index in [0.717, 1.165) is 17.7 Å². The van der Waals surface area contributed by atoms with Gasteiger partial charge in [-0.05, 0) is 37.1 Å². The SMILES string of the molecule is CCC(CNC(=NC)NCc1ncccc1C)Oc1cccc(F)c1. The van der Waals surface area contributed by atoms with Gasteiger partial charge in [0.15, 0.2) is 5.96 Å². The van der Waals surface area contributed by atoms with Crippen LogP contribution in [0.4, 0.5) is 4.39 Å². The van der Waals surface area contributed by atoms with Gasteiger partial charge in [-0.25, -0.2) is 4.39 Å². The number of rotatable bonds is 7. The summed E-state index contributed by atoms with van der Waals surface area (Å²) in [4.78, 5) is 8.57. The zero-order valence-corrected chi connectivity index (χ0v) is 14.9. The van der Waals surface area contributed by atoms with Gasteiger partial charge in [-0.15, -0.1) is 0 Å². The Morgan fingerprint density at radius 1 is 1.28 bits per heavy atom. The highest BCUT2D eigenvalue weighted by atomic mass is 19.1. The lowest BCUT2D eigenvalue weighted by Crippen LogP contribution is -2.42. The Morgan fingerprint density at radius 3 is 2.80 bits per heavy atom. The van der Waals surface area contributed by atoms with E-state index in [2.05, 4.69) is 20.6 Å². The van der Waals surface area contributed by atoms with Gasteiger partial charge in [0.1, 0.15) is 17.7 Å². The number of pyridine rings is 1. The Balaban J connectivity index is 1.85. The second kappa shape index (κ2) is 9.61. The van der Waals surface area contributed by atoms with Gasteiger partial charge in [0.05, 0.1) is 18.8 Å². The summed E-state index contributed by atoms with van der Waals surface area (Å²) in [7, 11) is 1.72. The van der Waals surface area contributed by atoms with Crippen molar-refractivity contribution in [1.29, 1.82) is 0 Å². The monoisotopic (exact) mass is 344 g/mol. The van der Waals surface area contributed by atoms with Crippen LogP contribution in [0.1, 0.15) is 24.6 Å². The lowest BCUT2D eigenvalue weighted by molar-refractivity contribution is 0.198. The molecule has 1 heterocycles. The smallest absolute Gasteiger partial charge is 0.191 e. The van der Waals surface area contributed by atoms with Crippen molar-refractivity contribution in [1.82, 2.24) is 15.6 Å². The maximum absolute atomic E-state index is 13.3. The summed E-state index contributed by atoms with van der Waals surface area (Å²) in [5.41, 5.74) is 2.11. The molecule has 1 aromatic carbocycles. The average molecular weight is 344 g/mol. The molecule has 2 N–H and O–H groups in total. The van der Waals surface area contributed by atoms with Crippen LogP contribution in [-0.2, 0) is 6.54 Å². The van der Waals surface area contributed by atoms with E-state index in [9.17, 15) is 4.39 Å². The number of benzene rings is 1. The molecule has 25 heavy (non-hydrogen) atoms. The van der Waals surface area contributed by atoms with Gasteiger partial charge in [-0.2, -0.15) is 0 Å². The van der Waals surface area contributed by atoms with Crippen molar-refractivity contribution in [3.05, 3.63) is 59.7 Å². The summed E-state index contributed by atoms with van der Waals surface area (Å²) in [6, 6.07) is 10.1. The number of nitrogens with zero attached hydrogens (tertiary/aromatic N) is 2. The topological polar surface area (TPSA) is 58.5 Å². The fraction of sp³-hybridized carbons (Fsp3) is 0.368. The fourth-order valence-electron chi connectivity index (χ4n) is 2.30. The van der Waals surface area contributed by atoms with E-state index >= 15 is 0 Å². The first-order valence-electron chi connectivity index (χ1n) is 8.39. The zero-order chi connectivity index (χ0) is 18.1. The third-order valence-corrected chi connectivity index (χ3v) is 3.82. The molecule has 0 radical (unpaired) electrons. The molecule has 0 saturated carbocycles. The molecule has 2 rings (SSSR count). The average Bonchev–Trinajstić information content (AvgIpc) is 2.62. The molecule has 0 fully saturated rings. The van der Waals surface area contributed by atoms with Gasteiger partial charge in [0.25, 0.3) is 0 Å². The maximum atomic E-state index is 13.3. The van der Waals surface area contributed by atoms with Crippen molar-refractivity contribution in [3.8, 4) is 5.75 Å². The minimum Gasteiger partial charge on any atom is -0.489 e. The Morgan fingerprint density at radius 2 is 2.12 bits per heavy atom. The number of ether oxygens (including phenoxy) is 1. The zero-order valence-electron chi connectivity index (χ0n) is 14.9. The van der Waals surface area contributed by atoms with Gasteiger partial charge in [0.2, 0.25) is 0 Å². The number of hydrogen-bond acceptors (Lipinski definition) is 3. The fourth-order valence-corrected chi connectivity index (χ4v) is 2.30. The second-order valence-corrected chi connectivity index (χ2v) is 5.68. The number of aryl methyl sites for hydroxylation is 1. The number of aromatic nitrogens is 1. The Kier molecular flexibility index (Phi) is 7.19. The Bertz CT molecular complexity index is 705. The van der Waals surface area contributed by atoms with Crippen molar-refractivity contribution >= 4 is 5.96 Å². The molecule has 0 aliphatic rings. The highest BCUT2D eigenvalue weighted by Crippen LogP contribution is 2.14. The number of nitrogens with one attached hydrogen (secondary N) is 2. The molecule has 1 unspecified atom stereocenters. The summed E-state index contributed by atoms with van der Waals surface area (Å²) in [6.45, 7) is 5.21. The number of guanidine groups is 1. The van der Waals surface area contributed by atoms with Crippen LogP contribution in [0.25, 0.3) is 0 Å². The lowest BCUT2D eigenvalue weighted by Gasteiger charge is -2.20. The largest absolute Gasteiger partial charge is 0.489 e. The molecule has 1 aromatic heterocycles. The molecule has 134 valence electrons. The molecule has 6 heteroatoms. The van der Waals surface area contributed by atoms with Crippen LogP contribution in [0.15, 0.2) is 47.6 Å². The maximum Gasteiger partial charge on any atom is 0.191 e. The van der Waals surface area contributed by atoms with Crippen LogP contribution in [0.5, 0.6) is 5.75 Å². The molecular weight excluding hydrogens is 319 g/mol. The van der Waals surface area contributed by atoms with E-state index in [-0.39, 0.29) is 11.9 Å². The molecule has 0 saturated heterocycles. The van der Waals surface area contributed by atoms with Crippen molar-refractivity contribution in [2.45, 2.75) is 32.9 Å². The molecule has 0 bridgehead atoms. The minimum absolute atomic E-state index is 0.0862. The predicted molar refractivity (Wildman–Crippen MR) is 98.3 cm³/mol. The Labute approximate surface area is 148 Å². The minimum atomic E-state index is -0.302. The van der Waals surface area contributed by atoms with E-state index in [1.54, 1.807) is 25.4 Å². The summed E-state index contributed by atoms with van der Waals surface area (Å²) in [6.07, 6.45) is 2.48. The van der Waals surface area contributed by atoms with Crippen molar-refractivity contribution in [2.75, 3.05) is 13.6 Å². The standard InChI is InChI=1S/C19H25FN4O/c1-4-16(25-17-9-5-8-15(20)11-17)12-23-19(21-3)24-13-18-14(2)7-6-10-22-18/h5-11,16H,4,12-13H2,1-3H3,(H2,21,23,24). The third kappa shape index (κ3) is 6.06. The lowest BCUT2D eigenvalue weighted by atomic mass is 10.2. The highest BCUT2D eigenvalue weighted by Gasteiger charge is 2.10. The van der Waals surface area contributed by atoms with E-state index in [0.29, 0.717) is 24.8 Å². The van der Waals surface area contributed by atoms with Crippen molar-refractivity contribution < 1.29 is 9.13 Å². The predicted octanol–water partition coefficient (Wildman–Crippen LogP) is 3.05. The summed E-state index contributed by atoms with van der Waals surface area (Å²) < 4.78 is 19.1. The molecule has 2 aromatic rings. The van der Waals surface area contributed by atoms with Crippen LogP contribution >= 0.6 is 0 Å². The van der Waals surface area contributed by atoms with Gasteiger partial charge >= 0.3 is 0 Å². The first-order chi connectivity index (χ1) is 12.1. The summed E-state index contributed by atoms with van der Waals surface area (Å²) in [5.74, 6) is 0.899. The number of hydrogen-bond donors (Lipinski definition) is 2. The van der Waals surface area contributed by atoms with Crippen LogP contribution in [-0.4, -0.2) is 30.6 Å². The quantitative estimate of drug-likeness (QED) is 0.599. The molecule has 5 nitrogen and oxygen atoms in total. The molecule has 0 spiro atoms. The highest BCUT2D eigenvalue weighted by molar-refractivity contribution is 5.79. The summed E-state index contributed by atoms with van der Waals surface area (Å²) >= 11 is 0. The van der Waals surface area contributed by atoms with Crippen molar-refractivity contribution in [2.24, 2.45) is 4.99 Å². The van der Waals surface area contributed by atoms with Crippen LogP contribution in [0.3, 0.4) is 0 Å². The summed E-state index contributed by atoms with van der Waals surface area (Å²) in [5, 5.41) is 6.48. The normalized spacial score (nSPS) is 12.6. The van der Waals surface area contributed by atoms with Crippen LogP contribution in [0.2, 0.25) is 0 Å². The van der Waals surface area contributed by atoms with Crippen molar-refractivity contribution in [3.63, 3.8) is 0 Å².